The molecule has 0 bridgehead atoms. The van der Waals surface area contributed by atoms with Crippen LogP contribution in [0.1, 0.15) is 54.0 Å². The summed E-state index contributed by atoms with van der Waals surface area (Å²) >= 11 is 1.21. The van der Waals surface area contributed by atoms with Gasteiger partial charge in [0.15, 0.2) is 0 Å². The van der Waals surface area contributed by atoms with Gasteiger partial charge >= 0.3 is 13.2 Å². The Bertz CT molecular complexity index is 1050. The molecule has 2 aliphatic heterocycles. The molecule has 33 heavy (non-hydrogen) atoms. The number of amides is 2. The first-order valence-corrected chi connectivity index (χ1v) is 11.7. The van der Waals surface area contributed by atoms with Gasteiger partial charge in [-0.3, -0.25) is 15.0 Å². The Labute approximate surface area is 198 Å². The Hall–Kier alpha value is -2.50. The minimum Gasteiger partial charge on any atom is -0.443 e. The fraction of sp³-hybridized carbons (Fsp3) is 0.545. The Balaban J connectivity index is 1.67. The minimum absolute atomic E-state index is 0.350. The lowest BCUT2D eigenvalue weighted by atomic mass is 9.78. The number of benzene rings is 1. The van der Waals surface area contributed by atoms with E-state index in [1.807, 2.05) is 45.9 Å². The molecule has 9 nitrogen and oxygen atoms in total. The quantitative estimate of drug-likeness (QED) is 0.685. The number of aromatic nitrogens is 2. The van der Waals surface area contributed by atoms with E-state index in [9.17, 15) is 9.59 Å². The zero-order valence-electron chi connectivity index (χ0n) is 20.0. The van der Waals surface area contributed by atoms with Crippen molar-refractivity contribution < 1.29 is 23.6 Å². The van der Waals surface area contributed by atoms with Crippen LogP contribution in [-0.4, -0.2) is 52.2 Å². The van der Waals surface area contributed by atoms with Crippen molar-refractivity contribution in [2.45, 2.75) is 77.7 Å². The summed E-state index contributed by atoms with van der Waals surface area (Å²) in [7, 11) is -0.588. The van der Waals surface area contributed by atoms with Crippen molar-refractivity contribution in [2.75, 3.05) is 10.2 Å². The van der Waals surface area contributed by atoms with Crippen LogP contribution in [0.3, 0.4) is 0 Å². The molecule has 0 radical (unpaired) electrons. The third-order valence-corrected chi connectivity index (χ3v) is 6.71. The normalized spacial score (nSPS) is 21.1. The van der Waals surface area contributed by atoms with Crippen molar-refractivity contribution >= 4 is 46.7 Å². The second-order valence-corrected chi connectivity index (χ2v) is 11.1. The molecule has 1 saturated heterocycles. The maximum atomic E-state index is 13.2. The molecule has 176 valence electrons. The largest absolute Gasteiger partial charge is 0.494 e. The number of anilines is 2. The summed E-state index contributed by atoms with van der Waals surface area (Å²) < 4.78 is 18.0. The summed E-state index contributed by atoms with van der Waals surface area (Å²) in [6, 6.07) is 4.89. The molecule has 0 aliphatic carbocycles. The number of hydrogen-bond donors (Lipinski definition) is 1. The van der Waals surface area contributed by atoms with Crippen LogP contribution < -0.4 is 15.7 Å². The first-order valence-electron chi connectivity index (χ1n) is 10.9. The second kappa shape index (κ2) is 8.07. The lowest BCUT2D eigenvalue weighted by molar-refractivity contribution is -0.117. The van der Waals surface area contributed by atoms with Crippen molar-refractivity contribution in [3.63, 3.8) is 0 Å². The molecule has 4 rings (SSSR count). The van der Waals surface area contributed by atoms with E-state index in [0.29, 0.717) is 17.2 Å². The Morgan fingerprint density at radius 1 is 1.21 bits per heavy atom. The van der Waals surface area contributed by atoms with Crippen LogP contribution in [0.4, 0.5) is 15.6 Å². The van der Waals surface area contributed by atoms with Crippen LogP contribution in [0, 0.1) is 0 Å². The Kier molecular flexibility index (Phi) is 5.78. The SMILES string of the molecule is CC(C)(C)OC(=O)N1c2cc(B3OC(C)(C)C(C)(C)O3)ccc2CC1C(=O)Nc1nncs1. The van der Waals surface area contributed by atoms with Gasteiger partial charge in [-0.25, -0.2) is 4.79 Å². The Morgan fingerprint density at radius 3 is 2.45 bits per heavy atom. The average molecular weight is 472 g/mol. The summed E-state index contributed by atoms with van der Waals surface area (Å²) in [5, 5.41) is 10.7. The number of nitrogens with zero attached hydrogens (tertiary/aromatic N) is 3. The molecule has 1 aromatic carbocycles. The van der Waals surface area contributed by atoms with Crippen LogP contribution in [0.25, 0.3) is 0 Å². The molecule has 0 saturated carbocycles. The molecule has 2 amide bonds. The number of ether oxygens (including phenoxy) is 1. The highest BCUT2D eigenvalue weighted by Crippen LogP contribution is 2.38. The molecular formula is C22H29BN4O5S. The molecule has 1 atom stereocenters. The molecule has 2 aliphatic rings. The van der Waals surface area contributed by atoms with Gasteiger partial charge in [0.2, 0.25) is 11.0 Å². The highest BCUT2D eigenvalue weighted by Gasteiger charge is 2.52. The predicted octanol–water partition coefficient (Wildman–Crippen LogP) is 3.14. The van der Waals surface area contributed by atoms with Gasteiger partial charge in [0, 0.05) is 6.42 Å². The molecule has 1 N–H and O–H groups in total. The van der Waals surface area contributed by atoms with E-state index in [2.05, 4.69) is 15.5 Å². The van der Waals surface area contributed by atoms with E-state index in [1.165, 1.54) is 21.7 Å². The lowest BCUT2D eigenvalue weighted by Crippen LogP contribution is -2.47. The number of nitrogens with one attached hydrogen (secondary N) is 1. The summed E-state index contributed by atoms with van der Waals surface area (Å²) in [6.07, 6.45) is -0.243. The second-order valence-electron chi connectivity index (χ2n) is 10.3. The molecule has 1 aromatic heterocycles. The number of carbonyl (C=O) groups excluding carboxylic acids is 2. The smallest absolute Gasteiger partial charge is 0.443 e. The lowest BCUT2D eigenvalue weighted by Gasteiger charge is -2.32. The number of hydrogen-bond acceptors (Lipinski definition) is 8. The van der Waals surface area contributed by atoms with E-state index in [-0.39, 0.29) is 5.91 Å². The molecular weight excluding hydrogens is 443 g/mol. The standard InChI is InChI=1S/C22H29BN4O5S/c1-20(2,3)30-19(29)27-15-11-14(23-31-21(4,5)22(6,7)32-23)9-8-13(15)10-16(27)17(28)25-18-26-24-12-33-18/h8-9,11-12,16H,10H2,1-7H3,(H,25,26,28). The number of fused-ring (bicyclic) bond motifs is 1. The maximum absolute atomic E-state index is 13.2. The number of carbonyl (C=O) groups is 2. The summed E-state index contributed by atoms with van der Waals surface area (Å²) in [4.78, 5) is 27.7. The van der Waals surface area contributed by atoms with E-state index in [1.54, 1.807) is 20.8 Å². The van der Waals surface area contributed by atoms with Crippen LogP contribution in [0.15, 0.2) is 23.7 Å². The maximum Gasteiger partial charge on any atom is 0.494 e. The van der Waals surface area contributed by atoms with Crippen molar-refractivity contribution in [1.82, 2.24) is 10.2 Å². The van der Waals surface area contributed by atoms with Gasteiger partial charge in [-0.1, -0.05) is 23.5 Å². The Morgan fingerprint density at radius 2 is 1.88 bits per heavy atom. The fourth-order valence-electron chi connectivity index (χ4n) is 3.73. The minimum atomic E-state index is -0.785. The van der Waals surface area contributed by atoms with Gasteiger partial charge in [0.1, 0.15) is 17.2 Å². The highest BCUT2D eigenvalue weighted by atomic mass is 32.1. The third kappa shape index (κ3) is 4.62. The molecule has 2 aromatic rings. The molecule has 1 fully saturated rings. The van der Waals surface area contributed by atoms with Gasteiger partial charge in [0.25, 0.3) is 0 Å². The van der Waals surface area contributed by atoms with Gasteiger partial charge in [0.05, 0.1) is 16.9 Å². The van der Waals surface area contributed by atoms with Gasteiger partial charge < -0.3 is 14.0 Å². The first-order chi connectivity index (χ1) is 15.3. The summed E-state index contributed by atoms with van der Waals surface area (Å²) in [5.74, 6) is -0.356. The van der Waals surface area contributed by atoms with E-state index < -0.39 is 36.1 Å². The van der Waals surface area contributed by atoms with E-state index in [4.69, 9.17) is 14.0 Å². The monoisotopic (exact) mass is 472 g/mol. The number of rotatable bonds is 3. The first kappa shape index (κ1) is 23.7. The third-order valence-electron chi connectivity index (χ3n) is 6.10. The van der Waals surface area contributed by atoms with Crippen molar-refractivity contribution in [1.29, 1.82) is 0 Å². The zero-order valence-corrected chi connectivity index (χ0v) is 20.8. The van der Waals surface area contributed by atoms with Crippen molar-refractivity contribution in [3.05, 3.63) is 29.3 Å². The summed E-state index contributed by atoms with van der Waals surface area (Å²) in [5.41, 5.74) is 2.06. The van der Waals surface area contributed by atoms with Crippen LogP contribution in [-0.2, 0) is 25.3 Å². The summed E-state index contributed by atoms with van der Waals surface area (Å²) in [6.45, 7) is 13.3. The predicted molar refractivity (Wildman–Crippen MR) is 127 cm³/mol. The van der Waals surface area contributed by atoms with Gasteiger partial charge in [-0.05, 0) is 65.6 Å². The topological polar surface area (TPSA) is 103 Å². The van der Waals surface area contributed by atoms with Crippen LogP contribution in [0.2, 0.25) is 0 Å². The fourth-order valence-corrected chi connectivity index (χ4v) is 4.18. The molecule has 1 unspecified atom stereocenters. The van der Waals surface area contributed by atoms with Crippen LogP contribution in [0.5, 0.6) is 0 Å². The van der Waals surface area contributed by atoms with E-state index in [0.717, 1.165) is 11.0 Å². The molecule has 0 spiro atoms. The van der Waals surface area contributed by atoms with Crippen molar-refractivity contribution in [2.24, 2.45) is 0 Å². The van der Waals surface area contributed by atoms with Gasteiger partial charge in [-0.2, -0.15) is 0 Å². The van der Waals surface area contributed by atoms with E-state index >= 15 is 0 Å². The highest BCUT2D eigenvalue weighted by molar-refractivity contribution is 7.13. The zero-order chi connectivity index (χ0) is 24.2. The van der Waals surface area contributed by atoms with Crippen molar-refractivity contribution in [3.8, 4) is 0 Å². The molecule has 11 heteroatoms. The average Bonchev–Trinajstić information content (AvgIpc) is 3.36. The van der Waals surface area contributed by atoms with Gasteiger partial charge in [-0.15, -0.1) is 10.2 Å². The molecule has 3 heterocycles. The van der Waals surface area contributed by atoms with Crippen LogP contribution >= 0.6 is 11.3 Å².